The van der Waals surface area contributed by atoms with Gasteiger partial charge in [0, 0.05) is 24.5 Å². The van der Waals surface area contributed by atoms with Crippen LogP contribution in [0.4, 0.5) is 5.69 Å². The Kier molecular flexibility index (Phi) is 4.49. The number of hydrogen-bond acceptors (Lipinski definition) is 6. The number of nitrogens with two attached hydrogens (primary N) is 1. The number of hydrazone groups is 1. The Hall–Kier alpha value is -3.93. The van der Waals surface area contributed by atoms with Crippen molar-refractivity contribution in [3.63, 3.8) is 0 Å². The van der Waals surface area contributed by atoms with Gasteiger partial charge in [0.15, 0.2) is 5.84 Å². The largest absolute Gasteiger partial charge is 0.382 e. The van der Waals surface area contributed by atoms with Gasteiger partial charge in [0.25, 0.3) is 0 Å². The molecule has 0 saturated carbocycles. The summed E-state index contributed by atoms with van der Waals surface area (Å²) >= 11 is 0. The Labute approximate surface area is 149 Å². The molecule has 0 atom stereocenters. The van der Waals surface area contributed by atoms with Crippen molar-refractivity contribution in [1.82, 2.24) is 19.6 Å². The Morgan fingerprint density at radius 1 is 1.31 bits per heavy atom. The van der Waals surface area contributed by atoms with Gasteiger partial charge >= 0.3 is 0 Å². The molecule has 0 amide bonds. The van der Waals surface area contributed by atoms with Crippen LogP contribution in [0, 0.1) is 23.7 Å². The Morgan fingerprint density at radius 2 is 2.04 bits per heavy atom. The van der Waals surface area contributed by atoms with E-state index in [4.69, 9.17) is 16.4 Å². The van der Waals surface area contributed by atoms with E-state index >= 15 is 0 Å². The third kappa shape index (κ3) is 3.29. The van der Waals surface area contributed by atoms with E-state index in [1.54, 1.807) is 29.1 Å². The van der Waals surface area contributed by atoms with Gasteiger partial charge in [0.1, 0.15) is 6.07 Å². The zero-order valence-corrected chi connectivity index (χ0v) is 14.3. The third-order valence-corrected chi connectivity index (χ3v) is 3.89. The van der Waals surface area contributed by atoms with Gasteiger partial charge in [0.05, 0.1) is 23.3 Å². The summed E-state index contributed by atoms with van der Waals surface area (Å²) in [6.45, 7) is 2.00. The molecule has 0 aliphatic rings. The van der Waals surface area contributed by atoms with Crippen LogP contribution in [0.5, 0.6) is 0 Å². The highest BCUT2D eigenvalue weighted by Crippen LogP contribution is 2.22. The van der Waals surface area contributed by atoms with Crippen molar-refractivity contribution in [3.05, 3.63) is 48.4 Å². The predicted octanol–water partition coefficient (Wildman–Crippen LogP) is 1.81. The molecule has 0 spiro atoms. The third-order valence-electron chi connectivity index (χ3n) is 3.89. The van der Waals surface area contributed by atoms with Gasteiger partial charge in [-0.1, -0.05) is 0 Å². The molecule has 9 heteroatoms. The van der Waals surface area contributed by atoms with Crippen molar-refractivity contribution in [1.29, 1.82) is 10.7 Å². The fraction of sp³-hybridized carbons (Fsp3) is 0.118. The minimum atomic E-state index is -0.383. The first-order valence-corrected chi connectivity index (χ1v) is 7.73. The molecule has 0 aliphatic heterocycles. The van der Waals surface area contributed by atoms with Gasteiger partial charge in [0.2, 0.25) is 5.71 Å². The number of nitrogens with one attached hydrogen (secondary N) is 2. The maximum absolute atomic E-state index is 8.83. The molecule has 2 heterocycles. The Bertz CT molecular complexity index is 1020. The van der Waals surface area contributed by atoms with Crippen LogP contribution < -0.4 is 11.2 Å². The van der Waals surface area contributed by atoms with Crippen LogP contribution in [-0.4, -0.2) is 31.1 Å². The molecule has 2 aromatic heterocycles. The first-order valence-electron chi connectivity index (χ1n) is 7.73. The Morgan fingerprint density at radius 3 is 2.62 bits per heavy atom. The van der Waals surface area contributed by atoms with E-state index in [0.29, 0.717) is 5.69 Å². The van der Waals surface area contributed by atoms with Crippen molar-refractivity contribution in [2.24, 2.45) is 17.9 Å². The standard InChI is InChI=1S/C17H17N9/c1-11-14(10-21-25(11)2)15-7-8-26(24-15)13-5-3-12(4-6-13)22-23-16(9-18)17(19)20/h3-8,10,22H,1-2H3,(H3,19,20)/b23-16+. The van der Waals surface area contributed by atoms with Crippen LogP contribution in [0.1, 0.15) is 5.69 Å². The monoisotopic (exact) mass is 347 g/mol. The number of nitrogens with zero attached hydrogens (tertiary/aromatic N) is 6. The number of aromatic nitrogens is 4. The van der Waals surface area contributed by atoms with Gasteiger partial charge in [-0.15, -0.1) is 0 Å². The highest BCUT2D eigenvalue weighted by Gasteiger charge is 2.10. The normalized spacial score (nSPS) is 11.2. The van der Waals surface area contributed by atoms with Crippen molar-refractivity contribution < 1.29 is 0 Å². The average molecular weight is 347 g/mol. The van der Waals surface area contributed by atoms with Crippen LogP contribution in [0.15, 0.2) is 47.8 Å². The molecule has 130 valence electrons. The molecule has 0 aliphatic carbocycles. The molecule has 9 nitrogen and oxygen atoms in total. The van der Waals surface area contributed by atoms with Crippen molar-refractivity contribution >= 4 is 17.2 Å². The van der Waals surface area contributed by atoms with Gasteiger partial charge < -0.3 is 5.73 Å². The number of rotatable bonds is 5. The lowest BCUT2D eigenvalue weighted by Crippen LogP contribution is -2.21. The molecular formula is C17H17N9. The van der Waals surface area contributed by atoms with Gasteiger partial charge in [-0.25, -0.2) is 4.68 Å². The fourth-order valence-corrected chi connectivity index (χ4v) is 2.32. The molecule has 26 heavy (non-hydrogen) atoms. The van der Waals surface area contributed by atoms with Crippen molar-refractivity contribution in [3.8, 4) is 23.0 Å². The minimum absolute atomic E-state index is 0.169. The van der Waals surface area contributed by atoms with E-state index < -0.39 is 0 Å². The highest BCUT2D eigenvalue weighted by molar-refractivity contribution is 6.45. The number of amidine groups is 1. The molecular weight excluding hydrogens is 330 g/mol. The molecule has 3 aromatic rings. The van der Waals surface area contributed by atoms with Gasteiger partial charge in [-0.05, 0) is 37.3 Å². The van der Waals surface area contributed by atoms with Gasteiger partial charge in [-0.2, -0.15) is 20.6 Å². The van der Waals surface area contributed by atoms with Crippen LogP contribution in [-0.2, 0) is 7.05 Å². The molecule has 0 bridgehead atoms. The molecule has 4 N–H and O–H groups in total. The van der Waals surface area contributed by atoms with E-state index in [1.807, 2.05) is 43.0 Å². The number of nitriles is 1. The Balaban J connectivity index is 1.79. The second-order valence-corrected chi connectivity index (χ2v) is 5.56. The molecule has 0 fully saturated rings. The molecule has 3 rings (SSSR count). The highest BCUT2D eigenvalue weighted by atomic mass is 15.3. The van der Waals surface area contributed by atoms with E-state index in [1.165, 1.54) is 0 Å². The summed E-state index contributed by atoms with van der Waals surface area (Å²) < 4.78 is 3.58. The van der Waals surface area contributed by atoms with E-state index in [9.17, 15) is 0 Å². The minimum Gasteiger partial charge on any atom is -0.382 e. The summed E-state index contributed by atoms with van der Waals surface area (Å²) in [6.07, 6.45) is 3.68. The predicted molar refractivity (Wildman–Crippen MR) is 99.1 cm³/mol. The lowest BCUT2D eigenvalue weighted by molar-refractivity contribution is 0.740. The summed E-state index contributed by atoms with van der Waals surface area (Å²) in [6, 6.07) is 11.0. The summed E-state index contributed by atoms with van der Waals surface area (Å²) in [7, 11) is 1.90. The average Bonchev–Trinajstić information content (AvgIpc) is 3.23. The van der Waals surface area contributed by atoms with Crippen molar-refractivity contribution in [2.45, 2.75) is 6.92 Å². The SMILES string of the molecule is Cc1c(-c2ccn(-c3ccc(N/N=C(\C#N)C(=N)N)cc3)n2)cnn1C. The van der Waals surface area contributed by atoms with E-state index in [2.05, 4.69) is 20.7 Å². The lowest BCUT2D eigenvalue weighted by Gasteiger charge is -2.04. The first kappa shape index (κ1) is 16.9. The number of benzene rings is 1. The summed E-state index contributed by atoms with van der Waals surface area (Å²) in [4.78, 5) is 0. The maximum atomic E-state index is 8.83. The second kappa shape index (κ2) is 6.90. The first-order chi connectivity index (χ1) is 12.5. The molecule has 0 unspecified atom stereocenters. The van der Waals surface area contributed by atoms with Crippen LogP contribution >= 0.6 is 0 Å². The lowest BCUT2D eigenvalue weighted by atomic mass is 10.2. The second-order valence-electron chi connectivity index (χ2n) is 5.56. The topological polar surface area (TPSA) is 134 Å². The summed E-state index contributed by atoms with van der Waals surface area (Å²) in [5, 5.41) is 28.7. The maximum Gasteiger partial charge on any atom is 0.201 e. The number of hydrogen-bond donors (Lipinski definition) is 3. The number of aryl methyl sites for hydroxylation is 1. The van der Waals surface area contributed by atoms with E-state index in [-0.39, 0.29) is 11.5 Å². The molecule has 1 aromatic carbocycles. The summed E-state index contributed by atoms with van der Waals surface area (Å²) in [5.74, 6) is -0.383. The fourth-order valence-electron chi connectivity index (χ4n) is 2.32. The van der Waals surface area contributed by atoms with Crippen LogP contribution in [0.3, 0.4) is 0 Å². The molecule has 0 saturated heterocycles. The number of anilines is 1. The van der Waals surface area contributed by atoms with Gasteiger partial charge in [-0.3, -0.25) is 15.5 Å². The zero-order valence-electron chi connectivity index (χ0n) is 14.3. The zero-order chi connectivity index (χ0) is 18.7. The van der Waals surface area contributed by atoms with Crippen LogP contribution in [0.2, 0.25) is 0 Å². The van der Waals surface area contributed by atoms with E-state index in [0.717, 1.165) is 22.6 Å². The smallest absolute Gasteiger partial charge is 0.201 e. The van der Waals surface area contributed by atoms with Crippen molar-refractivity contribution in [2.75, 3.05) is 5.43 Å². The van der Waals surface area contributed by atoms with Crippen LogP contribution in [0.25, 0.3) is 16.9 Å². The quantitative estimate of drug-likeness (QED) is 0.367. The summed E-state index contributed by atoms with van der Waals surface area (Å²) in [5.41, 5.74) is 12.2. The molecule has 0 radical (unpaired) electrons.